The van der Waals surface area contributed by atoms with Gasteiger partial charge >= 0.3 is 6.18 Å². The van der Waals surface area contributed by atoms with E-state index in [1.807, 2.05) is 0 Å². The summed E-state index contributed by atoms with van der Waals surface area (Å²) in [5, 5.41) is 3.76. The molecule has 0 spiro atoms. The Balaban J connectivity index is 1.85. The third-order valence-corrected chi connectivity index (χ3v) is 4.96. The van der Waals surface area contributed by atoms with Crippen LogP contribution in [0.4, 0.5) is 24.5 Å². The van der Waals surface area contributed by atoms with Crippen LogP contribution in [-0.2, 0) is 6.18 Å². The van der Waals surface area contributed by atoms with E-state index in [9.17, 15) is 18.0 Å². The fourth-order valence-corrected chi connectivity index (χ4v) is 3.38. The molecule has 5 N–H and O–H groups in total. The van der Waals surface area contributed by atoms with Gasteiger partial charge < -0.3 is 11.1 Å². The molecule has 3 rings (SSSR count). The summed E-state index contributed by atoms with van der Waals surface area (Å²) >= 11 is 3.04. The third-order valence-electron chi connectivity index (χ3n) is 4.51. The molecule has 3 aromatic rings. The molecule has 0 saturated carbocycles. The number of aromatic nitrogens is 1. The van der Waals surface area contributed by atoms with Gasteiger partial charge in [-0.05, 0) is 55.0 Å². The second-order valence-electron chi connectivity index (χ2n) is 6.92. The lowest BCUT2D eigenvalue weighted by molar-refractivity contribution is -0.137. The minimum atomic E-state index is -4.54. The summed E-state index contributed by atoms with van der Waals surface area (Å²) in [5.74, 6) is 5.55. The molecule has 0 aliphatic heterocycles. The minimum Gasteiger partial charge on any atom is -0.397 e. The van der Waals surface area contributed by atoms with E-state index in [0.29, 0.717) is 16.9 Å². The highest BCUT2D eigenvalue weighted by molar-refractivity contribution is 9.10. The van der Waals surface area contributed by atoms with Gasteiger partial charge in [0.1, 0.15) is 0 Å². The summed E-state index contributed by atoms with van der Waals surface area (Å²) in [4.78, 5) is 16.7. The quantitative estimate of drug-likeness (QED) is 0.332. The Morgan fingerprint density at radius 1 is 1.16 bits per heavy atom. The highest BCUT2D eigenvalue weighted by atomic mass is 79.9. The predicted octanol–water partition coefficient (Wildman–Crippen LogP) is 5.06. The van der Waals surface area contributed by atoms with Crippen LogP contribution in [0.1, 0.15) is 27.0 Å². The Bertz CT molecular complexity index is 1170. The number of nitrogens with zero attached hydrogens (tertiary/aromatic N) is 2. The molecule has 166 valence electrons. The second kappa shape index (κ2) is 9.41. The van der Waals surface area contributed by atoms with Crippen LogP contribution in [-0.4, -0.2) is 10.9 Å². The van der Waals surface area contributed by atoms with Crippen molar-refractivity contribution in [1.29, 1.82) is 0 Å². The number of benzene rings is 2. The lowest BCUT2D eigenvalue weighted by atomic mass is 10.1. The monoisotopic (exact) mass is 505 g/mol. The van der Waals surface area contributed by atoms with E-state index >= 15 is 0 Å². The molecule has 0 aliphatic rings. The number of hydrogen-bond acceptors (Lipinski definition) is 5. The van der Waals surface area contributed by atoms with E-state index in [1.165, 1.54) is 23.3 Å². The largest absolute Gasteiger partial charge is 0.416 e. The first kappa shape index (κ1) is 23.3. The smallest absolute Gasteiger partial charge is 0.397 e. The molecule has 1 heterocycles. The molecule has 0 bridgehead atoms. The Kier molecular flexibility index (Phi) is 6.85. The van der Waals surface area contributed by atoms with Crippen LogP contribution in [0.15, 0.2) is 71.6 Å². The summed E-state index contributed by atoms with van der Waals surface area (Å²) in [5.41, 5.74) is 7.70. The molecular weight excluding hydrogens is 487 g/mol. The average molecular weight is 506 g/mol. The van der Waals surface area contributed by atoms with E-state index in [2.05, 4.69) is 26.2 Å². The van der Waals surface area contributed by atoms with Crippen molar-refractivity contribution in [3.8, 4) is 0 Å². The fraction of sp³-hybridized carbons (Fsp3) is 0.0909. The first-order valence-electron chi connectivity index (χ1n) is 9.26. The van der Waals surface area contributed by atoms with E-state index in [4.69, 9.17) is 11.6 Å². The molecule has 0 fully saturated rings. The number of aryl methyl sites for hydroxylation is 1. The van der Waals surface area contributed by atoms with Crippen molar-refractivity contribution < 1.29 is 18.0 Å². The van der Waals surface area contributed by atoms with Crippen LogP contribution >= 0.6 is 15.9 Å². The highest BCUT2D eigenvalue weighted by Gasteiger charge is 2.31. The number of nitrogens with one attached hydrogen (secondary N) is 1. The fourth-order valence-electron chi connectivity index (χ4n) is 2.88. The van der Waals surface area contributed by atoms with E-state index < -0.39 is 17.6 Å². The first-order chi connectivity index (χ1) is 15.0. The molecule has 1 amide bonds. The van der Waals surface area contributed by atoms with Gasteiger partial charge in [-0.1, -0.05) is 22.0 Å². The van der Waals surface area contributed by atoms with Gasteiger partial charge in [0.05, 0.1) is 16.9 Å². The lowest BCUT2D eigenvalue weighted by Gasteiger charge is -2.19. The van der Waals surface area contributed by atoms with Crippen LogP contribution in [0.25, 0.3) is 5.70 Å². The van der Waals surface area contributed by atoms with Crippen LogP contribution < -0.4 is 21.9 Å². The Morgan fingerprint density at radius 2 is 1.91 bits per heavy atom. The maximum Gasteiger partial charge on any atom is 0.416 e. The SMILES string of the molecule is Cc1ccc(C(=O)Nc2cc(Br)cc(C(F)(F)F)c2)cc1N(N)/C=C(\N)c1cccnc1. The van der Waals surface area contributed by atoms with Crippen LogP contribution in [0, 0.1) is 6.92 Å². The van der Waals surface area contributed by atoms with E-state index in [-0.39, 0.29) is 15.7 Å². The van der Waals surface area contributed by atoms with Gasteiger partial charge in [-0.2, -0.15) is 13.2 Å². The summed E-state index contributed by atoms with van der Waals surface area (Å²) in [6.07, 6.45) is 0.154. The standard InChI is InChI=1S/C22H19BrF3N5O/c1-13-4-5-14(7-20(13)31(28)12-19(27)15-3-2-6-29-11-15)21(32)30-18-9-16(22(24,25)26)8-17(23)10-18/h2-12H,27-28H2,1H3,(H,30,32)/b19-12-. The number of alkyl halides is 3. The van der Waals surface area contributed by atoms with E-state index in [1.54, 1.807) is 43.6 Å². The molecule has 32 heavy (non-hydrogen) atoms. The van der Waals surface area contributed by atoms with Gasteiger partial charge in [-0.15, -0.1) is 0 Å². The summed E-state index contributed by atoms with van der Waals surface area (Å²) in [6.45, 7) is 1.80. The number of hydrazine groups is 1. The molecular formula is C22H19BrF3N5O. The molecule has 0 saturated heterocycles. The van der Waals surface area contributed by atoms with Crippen LogP contribution in [0.5, 0.6) is 0 Å². The number of carbonyl (C=O) groups is 1. The molecule has 0 unspecified atom stereocenters. The van der Waals surface area contributed by atoms with Crippen LogP contribution in [0.2, 0.25) is 0 Å². The second-order valence-corrected chi connectivity index (χ2v) is 7.83. The van der Waals surface area contributed by atoms with Crippen LogP contribution in [0.3, 0.4) is 0 Å². The van der Waals surface area contributed by atoms with Gasteiger partial charge in [0, 0.05) is 39.9 Å². The molecule has 0 atom stereocenters. The van der Waals surface area contributed by atoms with Gasteiger partial charge in [-0.25, -0.2) is 5.84 Å². The number of hydrogen-bond donors (Lipinski definition) is 3. The zero-order valence-corrected chi connectivity index (χ0v) is 18.4. The summed E-state index contributed by atoms with van der Waals surface area (Å²) in [6, 6.07) is 11.5. The normalized spacial score (nSPS) is 11.9. The molecule has 1 aromatic heterocycles. The van der Waals surface area contributed by atoms with Crippen molar-refractivity contribution in [1.82, 2.24) is 4.98 Å². The number of amides is 1. The number of anilines is 2. The number of halogens is 4. The minimum absolute atomic E-state index is 0.00384. The highest BCUT2D eigenvalue weighted by Crippen LogP contribution is 2.33. The van der Waals surface area contributed by atoms with Crippen molar-refractivity contribution in [3.05, 3.63) is 93.9 Å². The number of carbonyl (C=O) groups excluding carboxylic acids is 1. The zero-order chi connectivity index (χ0) is 23.5. The Hall–Kier alpha value is -3.37. The molecule has 0 aliphatic carbocycles. The molecule has 10 heteroatoms. The van der Waals surface area contributed by atoms with Gasteiger partial charge in [0.2, 0.25) is 0 Å². The van der Waals surface area contributed by atoms with Crippen molar-refractivity contribution in [2.75, 3.05) is 10.3 Å². The topological polar surface area (TPSA) is 97.3 Å². The Labute approximate surface area is 190 Å². The number of rotatable bonds is 5. The maximum absolute atomic E-state index is 13.0. The first-order valence-corrected chi connectivity index (χ1v) is 10.1. The maximum atomic E-state index is 13.0. The summed E-state index contributed by atoms with van der Waals surface area (Å²) in [7, 11) is 0. The predicted molar refractivity (Wildman–Crippen MR) is 121 cm³/mol. The molecule has 0 radical (unpaired) electrons. The lowest BCUT2D eigenvalue weighted by Crippen LogP contribution is -2.27. The van der Waals surface area contributed by atoms with Crippen molar-refractivity contribution in [2.45, 2.75) is 13.1 Å². The summed E-state index contributed by atoms with van der Waals surface area (Å²) < 4.78 is 39.3. The van der Waals surface area contributed by atoms with Gasteiger partial charge in [-0.3, -0.25) is 14.8 Å². The zero-order valence-electron chi connectivity index (χ0n) is 16.8. The Morgan fingerprint density at radius 3 is 2.56 bits per heavy atom. The third kappa shape index (κ3) is 5.65. The number of nitrogens with two attached hydrogens (primary N) is 2. The van der Waals surface area contributed by atoms with Gasteiger partial charge in [0.25, 0.3) is 5.91 Å². The van der Waals surface area contributed by atoms with Gasteiger partial charge in [0.15, 0.2) is 0 Å². The van der Waals surface area contributed by atoms with E-state index in [0.717, 1.165) is 17.7 Å². The molecule has 2 aromatic carbocycles. The van der Waals surface area contributed by atoms with Crippen molar-refractivity contribution >= 4 is 38.9 Å². The number of pyridine rings is 1. The average Bonchev–Trinajstić information content (AvgIpc) is 2.73. The van der Waals surface area contributed by atoms with Crippen molar-refractivity contribution in [2.24, 2.45) is 11.6 Å². The van der Waals surface area contributed by atoms with Crippen molar-refractivity contribution in [3.63, 3.8) is 0 Å². The molecule has 6 nitrogen and oxygen atoms in total.